The monoisotopic (exact) mass is 174 g/mol. The van der Waals surface area contributed by atoms with E-state index in [1.807, 2.05) is 0 Å². The maximum absolute atomic E-state index is 10.6. The number of carboxylic acids is 1. The summed E-state index contributed by atoms with van der Waals surface area (Å²) in [6, 6.07) is -0.493. The number of likely N-dealkylation sites (tertiary alicyclic amines) is 1. The molecule has 1 unspecified atom stereocenters. The Kier molecular flexibility index (Phi) is 2.28. The summed E-state index contributed by atoms with van der Waals surface area (Å²) in [6.07, 6.45) is 1.50. The Balaban J connectivity index is 2.65. The molecule has 0 saturated carbocycles. The number of carboxylic acid groups (broad SMARTS) is 1. The lowest BCUT2D eigenvalue weighted by molar-refractivity contribution is -0.140. The summed E-state index contributed by atoms with van der Waals surface area (Å²) in [5.41, 5.74) is 5.32. The summed E-state index contributed by atoms with van der Waals surface area (Å²) in [4.78, 5) is 12.1. The summed E-state index contributed by atoms with van der Waals surface area (Å²) >= 11 is 4.69. The molecule has 0 bridgehead atoms. The molecule has 1 saturated heterocycles. The van der Waals surface area contributed by atoms with Gasteiger partial charge in [-0.15, -0.1) is 0 Å². The van der Waals surface area contributed by atoms with Crippen molar-refractivity contribution in [2.45, 2.75) is 18.9 Å². The molecule has 62 valence electrons. The van der Waals surface area contributed by atoms with E-state index in [-0.39, 0.29) is 5.11 Å². The van der Waals surface area contributed by atoms with Crippen molar-refractivity contribution in [3.8, 4) is 0 Å². The van der Waals surface area contributed by atoms with Gasteiger partial charge in [0.05, 0.1) is 0 Å². The lowest BCUT2D eigenvalue weighted by atomic mass is 10.2. The molecule has 0 amide bonds. The molecule has 0 aromatic carbocycles. The van der Waals surface area contributed by atoms with Gasteiger partial charge in [-0.05, 0) is 25.1 Å². The number of nitrogens with two attached hydrogens (primary N) is 1. The van der Waals surface area contributed by atoms with Crippen LogP contribution in [0.15, 0.2) is 0 Å². The summed E-state index contributed by atoms with van der Waals surface area (Å²) in [5, 5.41) is 8.87. The second-order valence-corrected chi connectivity index (χ2v) is 2.95. The Labute approximate surface area is 70.0 Å². The number of hydrogen-bond donors (Lipinski definition) is 2. The molecule has 3 N–H and O–H groups in total. The highest BCUT2D eigenvalue weighted by molar-refractivity contribution is 7.80. The number of thiocarbonyl (C=S) groups is 1. The van der Waals surface area contributed by atoms with Crippen molar-refractivity contribution in [1.29, 1.82) is 0 Å². The first kappa shape index (κ1) is 8.26. The van der Waals surface area contributed by atoms with Crippen molar-refractivity contribution >= 4 is 23.3 Å². The molecule has 1 atom stereocenters. The van der Waals surface area contributed by atoms with Crippen molar-refractivity contribution in [3.05, 3.63) is 0 Å². The molecule has 4 nitrogen and oxygen atoms in total. The van der Waals surface area contributed by atoms with Gasteiger partial charge in [-0.1, -0.05) is 0 Å². The topological polar surface area (TPSA) is 66.6 Å². The van der Waals surface area contributed by atoms with Crippen LogP contribution in [-0.2, 0) is 4.79 Å². The molecule has 5 heteroatoms. The van der Waals surface area contributed by atoms with E-state index < -0.39 is 12.0 Å². The Morgan fingerprint density at radius 3 is 2.73 bits per heavy atom. The minimum atomic E-state index is -0.838. The third kappa shape index (κ3) is 1.59. The van der Waals surface area contributed by atoms with E-state index in [1.165, 1.54) is 0 Å². The van der Waals surface area contributed by atoms with Gasteiger partial charge in [0.1, 0.15) is 6.04 Å². The van der Waals surface area contributed by atoms with Crippen LogP contribution in [0.3, 0.4) is 0 Å². The van der Waals surface area contributed by atoms with Gasteiger partial charge in [0.25, 0.3) is 0 Å². The second kappa shape index (κ2) is 3.04. The quantitative estimate of drug-likeness (QED) is 0.538. The van der Waals surface area contributed by atoms with Crippen molar-refractivity contribution in [1.82, 2.24) is 4.90 Å². The fourth-order valence-electron chi connectivity index (χ4n) is 1.29. The molecule has 1 rings (SSSR count). The van der Waals surface area contributed by atoms with Crippen LogP contribution in [0.4, 0.5) is 0 Å². The highest BCUT2D eigenvalue weighted by Gasteiger charge is 2.30. The van der Waals surface area contributed by atoms with Gasteiger partial charge < -0.3 is 15.7 Å². The van der Waals surface area contributed by atoms with Crippen LogP contribution in [0.5, 0.6) is 0 Å². The van der Waals surface area contributed by atoms with Crippen molar-refractivity contribution in [3.63, 3.8) is 0 Å². The number of rotatable bonds is 1. The van der Waals surface area contributed by atoms with Crippen LogP contribution in [0.2, 0.25) is 0 Å². The van der Waals surface area contributed by atoms with Gasteiger partial charge in [0, 0.05) is 6.54 Å². The van der Waals surface area contributed by atoms with E-state index >= 15 is 0 Å². The minimum Gasteiger partial charge on any atom is -0.480 e. The second-order valence-electron chi connectivity index (χ2n) is 2.53. The molecule has 1 heterocycles. The zero-order chi connectivity index (χ0) is 8.43. The zero-order valence-corrected chi connectivity index (χ0v) is 6.80. The molecule has 1 fully saturated rings. The first-order chi connectivity index (χ1) is 5.13. The summed E-state index contributed by atoms with van der Waals surface area (Å²) in [6.45, 7) is 0.673. The smallest absolute Gasteiger partial charge is 0.326 e. The van der Waals surface area contributed by atoms with Crippen molar-refractivity contribution < 1.29 is 9.90 Å². The lowest BCUT2D eigenvalue weighted by Crippen LogP contribution is -2.43. The van der Waals surface area contributed by atoms with E-state index in [9.17, 15) is 4.79 Å². The first-order valence-electron chi connectivity index (χ1n) is 3.42. The maximum atomic E-state index is 10.6. The molecule has 0 aliphatic carbocycles. The molecule has 1 aliphatic heterocycles. The lowest BCUT2D eigenvalue weighted by Gasteiger charge is -2.20. The van der Waals surface area contributed by atoms with Crippen LogP contribution >= 0.6 is 12.2 Å². The molecular formula is C6H10N2O2S. The van der Waals surface area contributed by atoms with E-state index in [0.717, 1.165) is 6.42 Å². The zero-order valence-electron chi connectivity index (χ0n) is 5.99. The average Bonchev–Trinajstić information content (AvgIpc) is 2.32. The SMILES string of the molecule is NC(=S)N1CCCC1C(=O)O. The van der Waals surface area contributed by atoms with E-state index in [2.05, 4.69) is 0 Å². The molecule has 0 radical (unpaired) electrons. The van der Waals surface area contributed by atoms with Crippen LogP contribution in [0.25, 0.3) is 0 Å². The highest BCUT2D eigenvalue weighted by atomic mass is 32.1. The van der Waals surface area contributed by atoms with Crippen molar-refractivity contribution in [2.24, 2.45) is 5.73 Å². The van der Waals surface area contributed by atoms with Crippen LogP contribution in [0.1, 0.15) is 12.8 Å². The highest BCUT2D eigenvalue weighted by Crippen LogP contribution is 2.16. The fraction of sp³-hybridized carbons (Fsp3) is 0.667. The van der Waals surface area contributed by atoms with E-state index in [0.29, 0.717) is 13.0 Å². The predicted molar refractivity (Wildman–Crippen MR) is 44.1 cm³/mol. The predicted octanol–water partition coefficient (Wildman–Crippen LogP) is -0.221. The number of aliphatic carboxylic acids is 1. The van der Waals surface area contributed by atoms with E-state index in [4.69, 9.17) is 23.1 Å². The molecule has 11 heavy (non-hydrogen) atoms. The average molecular weight is 174 g/mol. The third-order valence-electron chi connectivity index (χ3n) is 1.82. The summed E-state index contributed by atoms with van der Waals surface area (Å²) in [5.74, 6) is -0.838. The molecule has 1 aliphatic rings. The Bertz CT molecular complexity index is 175. The standard InChI is InChI=1S/C6H10N2O2S/c7-6(11)8-3-1-2-4(8)5(9)10/h4H,1-3H2,(H2,7,11)(H,9,10). The van der Waals surface area contributed by atoms with Gasteiger partial charge in [-0.2, -0.15) is 0 Å². The summed E-state index contributed by atoms with van der Waals surface area (Å²) in [7, 11) is 0. The molecular weight excluding hydrogens is 164 g/mol. The van der Waals surface area contributed by atoms with E-state index in [1.54, 1.807) is 4.90 Å². The largest absolute Gasteiger partial charge is 0.480 e. The molecule has 0 spiro atoms. The molecule has 0 aromatic heterocycles. The minimum absolute atomic E-state index is 0.190. The Morgan fingerprint density at radius 2 is 2.36 bits per heavy atom. The third-order valence-corrected chi connectivity index (χ3v) is 2.06. The normalized spacial score (nSPS) is 23.6. The first-order valence-corrected chi connectivity index (χ1v) is 3.82. The number of hydrogen-bond acceptors (Lipinski definition) is 2. The Morgan fingerprint density at radius 1 is 1.73 bits per heavy atom. The van der Waals surface area contributed by atoms with Crippen LogP contribution in [0, 0.1) is 0 Å². The Hall–Kier alpha value is -0.840. The maximum Gasteiger partial charge on any atom is 0.326 e. The summed E-state index contributed by atoms with van der Waals surface area (Å²) < 4.78 is 0. The number of nitrogens with zero attached hydrogens (tertiary/aromatic N) is 1. The van der Waals surface area contributed by atoms with Gasteiger partial charge in [0.2, 0.25) is 0 Å². The fourth-order valence-corrected chi connectivity index (χ4v) is 1.51. The van der Waals surface area contributed by atoms with Gasteiger partial charge in [0.15, 0.2) is 5.11 Å². The molecule has 0 aromatic rings. The van der Waals surface area contributed by atoms with Crippen molar-refractivity contribution in [2.75, 3.05) is 6.54 Å². The van der Waals surface area contributed by atoms with Crippen LogP contribution < -0.4 is 5.73 Å². The van der Waals surface area contributed by atoms with Gasteiger partial charge in [-0.3, -0.25) is 0 Å². The van der Waals surface area contributed by atoms with Crippen LogP contribution in [-0.4, -0.2) is 33.7 Å². The van der Waals surface area contributed by atoms with Gasteiger partial charge in [-0.25, -0.2) is 4.79 Å². The number of carbonyl (C=O) groups is 1. The van der Waals surface area contributed by atoms with Gasteiger partial charge >= 0.3 is 5.97 Å².